The summed E-state index contributed by atoms with van der Waals surface area (Å²) in [6.45, 7) is 4.89. The van der Waals surface area contributed by atoms with Crippen molar-refractivity contribution in [1.29, 1.82) is 0 Å². The fourth-order valence-electron chi connectivity index (χ4n) is 4.11. The maximum atomic E-state index is 12.2. The first-order valence-electron chi connectivity index (χ1n) is 13.2. The summed E-state index contributed by atoms with van der Waals surface area (Å²) in [5.74, 6) is -0.251. The van der Waals surface area contributed by atoms with Crippen molar-refractivity contribution in [2.45, 2.75) is 12.3 Å². The van der Waals surface area contributed by atoms with Crippen molar-refractivity contribution in [2.24, 2.45) is 0 Å². The SMILES string of the molecule is COC(=O)CCOCCOCCOCCOCCOCCNC(=O)OCC1c2ccccc2-c2ccccc21. The number of alkyl carbamates (subject to hydrolysis) is 1. The summed E-state index contributed by atoms with van der Waals surface area (Å²) in [5, 5.41) is 2.73. The molecule has 39 heavy (non-hydrogen) atoms. The Morgan fingerprint density at radius 3 is 1.64 bits per heavy atom. The number of ether oxygens (including phenoxy) is 7. The molecule has 10 nitrogen and oxygen atoms in total. The summed E-state index contributed by atoms with van der Waals surface area (Å²) in [6, 6.07) is 16.5. The lowest BCUT2D eigenvalue weighted by Gasteiger charge is -2.14. The minimum atomic E-state index is -0.455. The number of methoxy groups -OCH3 is 1. The summed E-state index contributed by atoms with van der Waals surface area (Å²) in [7, 11) is 1.35. The number of carbonyl (C=O) groups excluding carboxylic acids is 2. The average Bonchev–Trinajstić information content (AvgIpc) is 3.28. The van der Waals surface area contributed by atoms with Gasteiger partial charge in [0.2, 0.25) is 0 Å². The van der Waals surface area contributed by atoms with Crippen molar-refractivity contribution >= 4 is 12.1 Å². The Morgan fingerprint density at radius 1 is 0.667 bits per heavy atom. The first-order chi connectivity index (χ1) is 19.2. The number of amides is 1. The van der Waals surface area contributed by atoms with Gasteiger partial charge in [-0.1, -0.05) is 48.5 Å². The van der Waals surface area contributed by atoms with Gasteiger partial charge in [-0.2, -0.15) is 0 Å². The van der Waals surface area contributed by atoms with E-state index in [9.17, 15) is 9.59 Å². The van der Waals surface area contributed by atoms with E-state index in [4.69, 9.17) is 28.4 Å². The Kier molecular flexibility index (Phi) is 14.3. The van der Waals surface area contributed by atoms with Gasteiger partial charge in [-0.25, -0.2) is 4.79 Å². The van der Waals surface area contributed by atoms with E-state index < -0.39 is 6.09 Å². The molecule has 10 heteroatoms. The van der Waals surface area contributed by atoms with E-state index in [-0.39, 0.29) is 24.9 Å². The molecular weight excluding hydrogens is 506 g/mol. The number of rotatable bonds is 20. The molecule has 0 spiro atoms. The topological polar surface area (TPSA) is 111 Å². The molecule has 0 unspecified atom stereocenters. The number of benzene rings is 2. The van der Waals surface area contributed by atoms with Crippen LogP contribution in [0.15, 0.2) is 48.5 Å². The normalized spacial score (nSPS) is 12.1. The molecule has 2 aromatic rings. The van der Waals surface area contributed by atoms with Gasteiger partial charge in [-0.15, -0.1) is 0 Å². The van der Waals surface area contributed by atoms with Gasteiger partial charge in [-0.05, 0) is 22.3 Å². The Labute approximate surface area is 229 Å². The Balaban J connectivity index is 1.10. The zero-order valence-electron chi connectivity index (χ0n) is 22.6. The highest BCUT2D eigenvalue weighted by Gasteiger charge is 2.28. The fraction of sp³-hybridized carbons (Fsp3) is 0.517. The van der Waals surface area contributed by atoms with Crippen LogP contribution in [0.4, 0.5) is 4.79 Å². The third kappa shape index (κ3) is 10.9. The Bertz CT molecular complexity index is 955. The van der Waals surface area contributed by atoms with Gasteiger partial charge >= 0.3 is 12.1 Å². The van der Waals surface area contributed by atoms with Gasteiger partial charge in [0.15, 0.2) is 0 Å². The third-order valence-corrected chi connectivity index (χ3v) is 6.03. The van der Waals surface area contributed by atoms with Crippen LogP contribution in [0.25, 0.3) is 11.1 Å². The van der Waals surface area contributed by atoms with Crippen LogP contribution in [0.5, 0.6) is 0 Å². The molecular formula is C29H39NO9. The maximum absolute atomic E-state index is 12.2. The molecule has 0 bridgehead atoms. The predicted octanol–water partition coefficient (Wildman–Crippen LogP) is 3.17. The number of esters is 1. The summed E-state index contributed by atoms with van der Waals surface area (Å²) in [6.07, 6.45) is -0.216. The third-order valence-electron chi connectivity index (χ3n) is 6.03. The quantitative estimate of drug-likeness (QED) is 0.198. The van der Waals surface area contributed by atoms with Gasteiger partial charge in [-0.3, -0.25) is 4.79 Å². The molecule has 0 aromatic heterocycles. The molecule has 0 saturated heterocycles. The number of hydrogen-bond donors (Lipinski definition) is 1. The van der Waals surface area contributed by atoms with Crippen molar-refractivity contribution in [1.82, 2.24) is 5.32 Å². The highest BCUT2D eigenvalue weighted by Crippen LogP contribution is 2.44. The largest absolute Gasteiger partial charge is 0.469 e. The number of nitrogens with one attached hydrogen (secondary N) is 1. The van der Waals surface area contributed by atoms with Crippen LogP contribution in [0.3, 0.4) is 0 Å². The lowest BCUT2D eigenvalue weighted by atomic mass is 9.98. The van der Waals surface area contributed by atoms with Gasteiger partial charge < -0.3 is 38.5 Å². The van der Waals surface area contributed by atoms with E-state index in [1.54, 1.807) is 0 Å². The lowest BCUT2D eigenvalue weighted by Crippen LogP contribution is -2.29. The van der Waals surface area contributed by atoms with E-state index in [0.29, 0.717) is 72.6 Å². The van der Waals surface area contributed by atoms with Crippen LogP contribution < -0.4 is 5.32 Å². The van der Waals surface area contributed by atoms with E-state index in [0.717, 1.165) is 0 Å². The van der Waals surface area contributed by atoms with Crippen LogP contribution in [0.2, 0.25) is 0 Å². The van der Waals surface area contributed by atoms with Crippen LogP contribution in [0, 0.1) is 0 Å². The molecule has 2 aromatic carbocycles. The standard InChI is InChI=1S/C29H39NO9/c1-33-28(31)10-12-34-14-16-36-18-20-38-21-19-37-17-15-35-13-11-30-29(32)39-22-27-25-8-4-2-6-23(25)24-7-3-5-9-26(24)27/h2-9,27H,10-22H2,1H3,(H,30,32). The zero-order chi connectivity index (χ0) is 27.5. The maximum Gasteiger partial charge on any atom is 0.407 e. The number of hydrogen-bond acceptors (Lipinski definition) is 9. The first kappa shape index (κ1) is 30.5. The molecule has 0 atom stereocenters. The van der Waals surface area contributed by atoms with E-state index in [2.05, 4.69) is 34.3 Å². The van der Waals surface area contributed by atoms with Crippen LogP contribution in [-0.4, -0.2) is 98.4 Å². The number of carbonyl (C=O) groups is 2. The molecule has 1 aliphatic carbocycles. The van der Waals surface area contributed by atoms with Crippen molar-refractivity contribution < 1.29 is 42.7 Å². The first-order valence-corrected chi connectivity index (χ1v) is 13.2. The summed E-state index contributed by atoms with van der Waals surface area (Å²) in [5.41, 5.74) is 4.77. The van der Waals surface area contributed by atoms with Crippen molar-refractivity contribution in [2.75, 3.05) is 86.3 Å². The summed E-state index contributed by atoms with van der Waals surface area (Å²) < 4.78 is 37.0. The Morgan fingerprint density at radius 2 is 1.13 bits per heavy atom. The highest BCUT2D eigenvalue weighted by molar-refractivity contribution is 5.79. The second kappa shape index (κ2) is 18.3. The summed E-state index contributed by atoms with van der Waals surface area (Å²) >= 11 is 0. The van der Waals surface area contributed by atoms with E-state index >= 15 is 0 Å². The van der Waals surface area contributed by atoms with E-state index in [1.165, 1.54) is 29.4 Å². The second-order valence-electron chi connectivity index (χ2n) is 8.64. The van der Waals surface area contributed by atoms with Gasteiger partial charge in [0.25, 0.3) is 0 Å². The molecule has 214 valence electrons. The molecule has 1 aliphatic rings. The van der Waals surface area contributed by atoms with E-state index in [1.807, 2.05) is 24.3 Å². The smallest absolute Gasteiger partial charge is 0.407 e. The second-order valence-corrected chi connectivity index (χ2v) is 8.64. The van der Waals surface area contributed by atoms with Gasteiger partial charge in [0.1, 0.15) is 6.61 Å². The molecule has 0 saturated carbocycles. The molecule has 3 rings (SSSR count). The Hall–Kier alpha value is -3.02. The number of fused-ring (bicyclic) bond motifs is 3. The van der Waals surface area contributed by atoms with Crippen LogP contribution >= 0.6 is 0 Å². The van der Waals surface area contributed by atoms with Gasteiger partial charge in [0, 0.05) is 12.5 Å². The van der Waals surface area contributed by atoms with Crippen LogP contribution in [0.1, 0.15) is 23.5 Å². The molecule has 0 aliphatic heterocycles. The predicted molar refractivity (Wildman–Crippen MR) is 144 cm³/mol. The molecule has 0 heterocycles. The lowest BCUT2D eigenvalue weighted by molar-refractivity contribution is -0.141. The van der Waals surface area contributed by atoms with Crippen molar-refractivity contribution in [3.8, 4) is 11.1 Å². The minimum absolute atomic E-state index is 0.0399. The van der Waals surface area contributed by atoms with Gasteiger partial charge in [0.05, 0.1) is 79.6 Å². The molecule has 0 radical (unpaired) electrons. The minimum Gasteiger partial charge on any atom is -0.469 e. The molecule has 0 fully saturated rings. The zero-order valence-corrected chi connectivity index (χ0v) is 22.6. The molecule has 1 N–H and O–H groups in total. The summed E-state index contributed by atoms with van der Waals surface area (Å²) in [4.78, 5) is 23.1. The monoisotopic (exact) mass is 545 g/mol. The average molecular weight is 546 g/mol. The van der Waals surface area contributed by atoms with Crippen LogP contribution in [-0.2, 0) is 38.0 Å². The fourth-order valence-corrected chi connectivity index (χ4v) is 4.11. The molecule has 1 amide bonds. The highest BCUT2D eigenvalue weighted by atomic mass is 16.6. The van der Waals surface area contributed by atoms with Crippen molar-refractivity contribution in [3.05, 3.63) is 59.7 Å². The van der Waals surface area contributed by atoms with Crippen molar-refractivity contribution in [3.63, 3.8) is 0 Å².